The first-order chi connectivity index (χ1) is 18.7. The summed E-state index contributed by atoms with van der Waals surface area (Å²) in [6, 6.07) is 17.5. The van der Waals surface area contributed by atoms with E-state index in [4.69, 9.17) is 0 Å². The van der Waals surface area contributed by atoms with Gasteiger partial charge in [0.05, 0.1) is 14.6 Å². The molecule has 0 fully saturated rings. The van der Waals surface area contributed by atoms with Crippen molar-refractivity contribution >= 4 is 45.2 Å². The van der Waals surface area contributed by atoms with Gasteiger partial charge in [-0.3, -0.25) is 14.4 Å². The van der Waals surface area contributed by atoms with Gasteiger partial charge >= 0.3 is 12.0 Å². The topological polar surface area (TPSA) is 183 Å². The number of sulfonamides is 1. The van der Waals surface area contributed by atoms with Crippen molar-refractivity contribution in [2.24, 2.45) is 0 Å². The molecule has 0 spiro atoms. The second kappa shape index (κ2) is 14.0. The fraction of sp³-hybridized carbons (Fsp3) is 0.200. The third-order valence-electron chi connectivity index (χ3n) is 5.16. The average molecular weight is 574 g/mol. The van der Waals surface area contributed by atoms with Gasteiger partial charge in [0.2, 0.25) is 10.0 Å². The summed E-state index contributed by atoms with van der Waals surface area (Å²) in [5.41, 5.74) is 0.949. The van der Waals surface area contributed by atoms with Gasteiger partial charge in [-0.25, -0.2) is 13.2 Å². The molecule has 3 rings (SSSR count). The molecule has 14 heteroatoms. The normalized spacial score (nSPS) is 11.7. The molecular formula is C25H27N5O7S2. The number of benzene rings is 2. The van der Waals surface area contributed by atoms with Crippen LogP contribution in [0.25, 0.3) is 0 Å². The summed E-state index contributed by atoms with van der Waals surface area (Å²) < 4.78 is 26.9. The lowest BCUT2D eigenvalue weighted by Gasteiger charge is -2.15. The molecule has 3 aromatic rings. The van der Waals surface area contributed by atoms with E-state index in [1.165, 1.54) is 36.4 Å². The molecule has 39 heavy (non-hydrogen) atoms. The number of carbonyl (C=O) groups is 4. The van der Waals surface area contributed by atoms with E-state index in [-0.39, 0.29) is 33.8 Å². The number of rotatable bonds is 13. The minimum atomic E-state index is -4.12. The SMILES string of the molecule is O=C(NCCNC(=O)c1ccc(C(=O)NC[C@@H](NS(=O)(=O)c2ccccc2)C(=O)O)s1)NCc1ccccc1. The molecule has 1 aromatic heterocycles. The van der Waals surface area contributed by atoms with E-state index in [1.807, 2.05) is 30.3 Å². The van der Waals surface area contributed by atoms with Crippen LogP contribution in [0.3, 0.4) is 0 Å². The lowest BCUT2D eigenvalue weighted by atomic mass is 10.2. The van der Waals surface area contributed by atoms with Crippen molar-refractivity contribution in [3.05, 3.63) is 88.1 Å². The van der Waals surface area contributed by atoms with E-state index in [2.05, 4.69) is 26.0 Å². The number of hydrogen-bond donors (Lipinski definition) is 6. The zero-order valence-corrected chi connectivity index (χ0v) is 22.2. The smallest absolute Gasteiger partial charge is 0.323 e. The summed E-state index contributed by atoms with van der Waals surface area (Å²) in [6.07, 6.45) is 0. The van der Waals surface area contributed by atoms with Crippen LogP contribution in [0, 0.1) is 0 Å². The molecule has 6 N–H and O–H groups in total. The van der Waals surface area contributed by atoms with Gasteiger partial charge in [0, 0.05) is 26.2 Å². The highest BCUT2D eigenvalue weighted by molar-refractivity contribution is 7.89. The van der Waals surface area contributed by atoms with Crippen LogP contribution in [0.4, 0.5) is 4.79 Å². The van der Waals surface area contributed by atoms with E-state index in [1.54, 1.807) is 6.07 Å². The third-order valence-corrected chi connectivity index (χ3v) is 7.73. The van der Waals surface area contributed by atoms with Crippen LogP contribution in [0.2, 0.25) is 0 Å². The van der Waals surface area contributed by atoms with Crippen molar-refractivity contribution in [2.75, 3.05) is 19.6 Å². The lowest BCUT2D eigenvalue weighted by molar-refractivity contribution is -0.138. The van der Waals surface area contributed by atoms with Gasteiger partial charge < -0.3 is 26.4 Å². The highest BCUT2D eigenvalue weighted by Gasteiger charge is 2.26. The number of carbonyl (C=O) groups excluding carboxylic acids is 3. The Hall–Kier alpha value is -4.27. The Morgan fingerprint density at radius 2 is 1.31 bits per heavy atom. The minimum absolute atomic E-state index is 0.112. The first-order valence-electron chi connectivity index (χ1n) is 11.7. The van der Waals surface area contributed by atoms with Gasteiger partial charge in [-0.2, -0.15) is 4.72 Å². The molecule has 1 atom stereocenters. The molecule has 0 unspecified atom stereocenters. The van der Waals surface area contributed by atoms with Crippen LogP contribution in [-0.4, -0.2) is 63.0 Å². The van der Waals surface area contributed by atoms with Gasteiger partial charge in [-0.15, -0.1) is 11.3 Å². The Kier molecular flexibility index (Phi) is 10.5. The molecule has 0 bridgehead atoms. The Morgan fingerprint density at radius 1 is 0.744 bits per heavy atom. The standard InChI is InChI=1S/C25H27N5O7S2/c31-22(26-13-14-27-25(35)29-15-17-7-3-1-4-8-17)20-11-12-21(38-20)23(32)28-16-19(24(33)34)30-39(36,37)18-9-5-2-6-10-18/h1-12,19,30H,13-16H2,(H,26,31)(H,28,32)(H,33,34)(H2,27,29,35)/t19-/m1/s1. The Balaban J connectivity index is 1.42. The summed E-state index contributed by atoms with van der Waals surface area (Å²) in [5.74, 6) is -2.59. The van der Waals surface area contributed by atoms with E-state index >= 15 is 0 Å². The number of urea groups is 1. The Morgan fingerprint density at radius 3 is 1.92 bits per heavy atom. The first-order valence-corrected chi connectivity index (χ1v) is 14.0. The van der Waals surface area contributed by atoms with Gasteiger partial charge in [-0.1, -0.05) is 48.5 Å². The van der Waals surface area contributed by atoms with Crippen molar-refractivity contribution in [3.8, 4) is 0 Å². The van der Waals surface area contributed by atoms with Gasteiger partial charge in [0.25, 0.3) is 11.8 Å². The van der Waals surface area contributed by atoms with Crippen LogP contribution < -0.4 is 26.0 Å². The van der Waals surface area contributed by atoms with Gasteiger partial charge in [0.1, 0.15) is 6.04 Å². The van der Waals surface area contributed by atoms with E-state index in [9.17, 15) is 32.7 Å². The summed E-state index contributed by atoms with van der Waals surface area (Å²) in [6.45, 7) is 0.183. The number of thiophene rings is 1. The molecule has 1 heterocycles. The number of amides is 4. The minimum Gasteiger partial charge on any atom is -0.480 e. The third kappa shape index (κ3) is 9.21. The van der Waals surface area contributed by atoms with Crippen LogP contribution in [0.15, 0.2) is 77.7 Å². The number of hydrogen-bond acceptors (Lipinski definition) is 7. The zero-order valence-electron chi connectivity index (χ0n) is 20.5. The molecule has 12 nitrogen and oxygen atoms in total. The molecule has 0 saturated heterocycles. The summed E-state index contributed by atoms with van der Waals surface area (Å²) in [5, 5.41) is 19.7. The Labute approximate surface area is 228 Å². The molecule has 4 amide bonds. The van der Waals surface area contributed by atoms with Crippen LogP contribution in [-0.2, 0) is 21.4 Å². The predicted molar refractivity (Wildman–Crippen MR) is 144 cm³/mol. The molecule has 0 radical (unpaired) electrons. The van der Waals surface area contributed by atoms with Crippen molar-refractivity contribution < 1.29 is 32.7 Å². The summed E-state index contributed by atoms with van der Waals surface area (Å²) in [4.78, 5) is 48.5. The van der Waals surface area contributed by atoms with E-state index in [0.29, 0.717) is 6.54 Å². The number of carboxylic acids is 1. The number of nitrogens with one attached hydrogen (secondary N) is 5. The van der Waals surface area contributed by atoms with Gasteiger partial charge in [0.15, 0.2) is 0 Å². The van der Waals surface area contributed by atoms with E-state index in [0.717, 1.165) is 16.9 Å². The fourth-order valence-corrected chi connectivity index (χ4v) is 5.23. The molecule has 0 aliphatic rings. The molecular weight excluding hydrogens is 546 g/mol. The highest BCUT2D eigenvalue weighted by Crippen LogP contribution is 2.16. The highest BCUT2D eigenvalue weighted by atomic mass is 32.2. The van der Waals surface area contributed by atoms with Crippen LogP contribution >= 0.6 is 11.3 Å². The largest absolute Gasteiger partial charge is 0.480 e. The average Bonchev–Trinajstić information content (AvgIpc) is 3.43. The second-order valence-electron chi connectivity index (χ2n) is 8.05. The number of carboxylic acid groups (broad SMARTS) is 1. The van der Waals surface area contributed by atoms with Crippen LogP contribution in [0.5, 0.6) is 0 Å². The van der Waals surface area contributed by atoms with Gasteiger partial charge in [-0.05, 0) is 29.8 Å². The zero-order chi connectivity index (χ0) is 28.3. The lowest BCUT2D eigenvalue weighted by Crippen LogP contribution is -2.48. The van der Waals surface area contributed by atoms with Crippen molar-refractivity contribution in [1.29, 1.82) is 0 Å². The van der Waals surface area contributed by atoms with E-state index < -0.39 is 40.4 Å². The van der Waals surface area contributed by atoms with Crippen molar-refractivity contribution in [3.63, 3.8) is 0 Å². The predicted octanol–water partition coefficient (Wildman–Crippen LogP) is 1.14. The molecule has 206 valence electrons. The summed E-state index contributed by atoms with van der Waals surface area (Å²) >= 11 is 0.879. The molecule has 0 saturated carbocycles. The molecule has 0 aliphatic heterocycles. The maximum absolute atomic E-state index is 12.5. The maximum Gasteiger partial charge on any atom is 0.323 e. The number of aliphatic carboxylic acids is 1. The molecule has 2 aromatic carbocycles. The fourth-order valence-electron chi connectivity index (χ4n) is 3.18. The monoisotopic (exact) mass is 573 g/mol. The van der Waals surface area contributed by atoms with Crippen molar-refractivity contribution in [1.82, 2.24) is 26.0 Å². The second-order valence-corrected chi connectivity index (χ2v) is 10.8. The first kappa shape index (κ1) is 29.3. The quantitative estimate of drug-likeness (QED) is 0.166. The maximum atomic E-state index is 12.5. The Bertz CT molecular complexity index is 1400. The van der Waals surface area contributed by atoms with Crippen molar-refractivity contribution in [2.45, 2.75) is 17.5 Å². The molecule has 0 aliphatic carbocycles. The van der Waals surface area contributed by atoms with Crippen LogP contribution in [0.1, 0.15) is 24.9 Å². The summed E-state index contributed by atoms with van der Waals surface area (Å²) in [7, 11) is -4.12.